The van der Waals surface area contributed by atoms with Gasteiger partial charge in [-0.3, -0.25) is 9.97 Å². The first-order chi connectivity index (χ1) is 7.24. The molecule has 3 heterocycles. The van der Waals surface area contributed by atoms with Crippen molar-refractivity contribution in [2.24, 2.45) is 5.92 Å². The average Bonchev–Trinajstić information content (AvgIpc) is 2.83. The van der Waals surface area contributed by atoms with Crippen molar-refractivity contribution >= 4 is 0 Å². The fourth-order valence-electron chi connectivity index (χ4n) is 3.00. The Kier molecular flexibility index (Phi) is 2.02. The van der Waals surface area contributed by atoms with E-state index in [1.807, 2.05) is 13.1 Å². The van der Waals surface area contributed by atoms with Gasteiger partial charge in [0.05, 0.1) is 17.1 Å². The van der Waals surface area contributed by atoms with E-state index in [4.69, 9.17) is 0 Å². The fourth-order valence-corrected chi connectivity index (χ4v) is 3.00. The first-order valence-corrected chi connectivity index (χ1v) is 5.76. The van der Waals surface area contributed by atoms with E-state index < -0.39 is 0 Å². The van der Waals surface area contributed by atoms with Crippen LogP contribution in [0.2, 0.25) is 0 Å². The number of aromatic nitrogens is 2. The SMILES string of the molecule is Cc1cnc(C)c(C2CN3CCC2C3)n1. The van der Waals surface area contributed by atoms with Gasteiger partial charge >= 0.3 is 0 Å². The Balaban J connectivity index is 1.96. The zero-order chi connectivity index (χ0) is 10.4. The van der Waals surface area contributed by atoms with Crippen molar-refractivity contribution in [2.75, 3.05) is 19.6 Å². The molecule has 80 valence electrons. The van der Waals surface area contributed by atoms with E-state index in [2.05, 4.69) is 21.8 Å². The van der Waals surface area contributed by atoms with E-state index in [-0.39, 0.29) is 0 Å². The van der Waals surface area contributed by atoms with Crippen LogP contribution in [0.1, 0.15) is 29.4 Å². The van der Waals surface area contributed by atoms with Gasteiger partial charge in [0.2, 0.25) is 0 Å². The molecule has 3 atom stereocenters. The van der Waals surface area contributed by atoms with E-state index in [1.165, 1.54) is 31.7 Å². The molecule has 15 heavy (non-hydrogen) atoms. The molecule has 3 rings (SSSR count). The smallest absolute Gasteiger partial charge is 0.0665 e. The van der Waals surface area contributed by atoms with Gasteiger partial charge < -0.3 is 4.90 Å². The third-order valence-corrected chi connectivity index (χ3v) is 3.80. The molecule has 0 radical (unpaired) electrons. The number of nitrogens with zero attached hydrogens (tertiary/aromatic N) is 3. The van der Waals surface area contributed by atoms with Crippen molar-refractivity contribution in [1.29, 1.82) is 0 Å². The molecule has 0 N–H and O–H groups in total. The monoisotopic (exact) mass is 203 g/mol. The summed E-state index contributed by atoms with van der Waals surface area (Å²) in [4.78, 5) is 11.7. The molecule has 0 aliphatic carbocycles. The predicted molar refractivity (Wildman–Crippen MR) is 58.8 cm³/mol. The van der Waals surface area contributed by atoms with Gasteiger partial charge in [0.25, 0.3) is 0 Å². The Morgan fingerprint density at radius 1 is 1.33 bits per heavy atom. The van der Waals surface area contributed by atoms with Crippen LogP contribution in [0.3, 0.4) is 0 Å². The van der Waals surface area contributed by atoms with Crippen LogP contribution in [-0.4, -0.2) is 34.5 Å². The molecule has 0 amide bonds. The molecular weight excluding hydrogens is 186 g/mol. The van der Waals surface area contributed by atoms with Crippen molar-refractivity contribution in [3.8, 4) is 0 Å². The number of aryl methyl sites for hydroxylation is 2. The summed E-state index contributed by atoms with van der Waals surface area (Å²) in [7, 11) is 0. The molecule has 0 saturated carbocycles. The second-order valence-electron chi connectivity index (χ2n) is 4.90. The number of piperidine rings is 1. The molecule has 3 heteroatoms. The highest BCUT2D eigenvalue weighted by atomic mass is 15.2. The van der Waals surface area contributed by atoms with Crippen LogP contribution in [0.5, 0.6) is 0 Å². The maximum absolute atomic E-state index is 4.68. The van der Waals surface area contributed by atoms with Crippen LogP contribution in [0.15, 0.2) is 6.20 Å². The molecule has 2 aliphatic rings. The van der Waals surface area contributed by atoms with Gasteiger partial charge in [-0.1, -0.05) is 0 Å². The number of fused-ring (bicyclic) bond motifs is 2. The van der Waals surface area contributed by atoms with Crippen LogP contribution in [-0.2, 0) is 0 Å². The third kappa shape index (κ3) is 1.46. The predicted octanol–water partition coefficient (Wildman–Crippen LogP) is 1.51. The van der Waals surface area contributed by atoms with Gasteiger partial charge in [0.15, 0.2) is 0 Å². The van der Waals surface area contributed by atoms with Crippen molar-refractivity contribution in [1.82, 2.24) is 14.9 Å². The molecule has 1 aromatic heterocycles. The maximum atomic E-state index is 4.68. The van der Waals surface area contributed by atoms with E-state index >= 15 is 0 Å². The van der Waals surface area contributed by atoms with E-state index in [1.54, 1.807) is 0 Å². The first kappa shape index (κ1) is 9.28. The highest BCUT2D eigenvalue weighted by Crippen LogP contribution is 2.39. The minimum absolute atomic E-state index is 0.645. The van der Waals surface area contributed by atoms with Crippen LogP contribution in [0.4, 0.5) is 0 Å². The number of rotatable bonds is 1. The number of hydrogen-bond acceptors (Lipinski definition) is 3. The molecule has 0 spiro atoms. The normalized spacial score (nSPS) is 33.6. The Bertz CT molecular complexity index is 388. The topological polar surface area (TPSA) is 29.0 Å². The summed E-state index contributed by atoms with van der Waals surface area (Å²) in [5.41, 5.74) is 3.43. The Morgan fingerprint density at radius 2 is 2.20 bits per heavy atom. The second kappa shape index (κ2) is 3.27. The summed E-state index contributed by atoms with van der Waals surface area (Å²) >= 11 is 0. The lowest BCUT2D eigenvalue weighted by Gasteiger charge is -2.22. The van der Waals surface area contributed by atoms with E-state index in [0.29, 0.717) is 5.92 Å². The van der Waals surface area contributed by atoms with Crippen LogP contribution in [0, 0.1) is 19.8 Å². The number of hydrogen-bond donors (Lipinski definition) is 0. The Morgan fingerprint density at radius 3 is 2.87 bits per heavy atom. The molecular formula is C12H17N3. The molecule has 2 saturated heterocycles. The Labute approximate surface area is 90.5 Å². The lowest BCUT2D eigenvalue weighted by molar-refractivity contribution is 0.343. The second-order valence-corrected chi connectivity index (χ2v) is 4.90. The quantitative estimate of drug-likeness (QED) is 0.693. The van der Waals surface area contributed by atoms with Crippen LogP contribution < -0.4 is 0 Å². The lowest BCUT2D eigenvalue weighted by Crippen LogP contribution is -2.23. The Hall–Kier alpha value is -0.960. The zero-order valence-corrected chi connectivity index (χ0v) is 9.40. The molecule has 2 fully saturated rings. The molecule has 3 nitrogen and oxygen atoms in total. The third-order valence-electron chi connectivity index (χ3n) is 3.80. The molecule has 3 unspecified atom stereocenters. The summed E-state index contributed by atoms with van der Waals surface area (Å²) in [6, 6.07) is 0. The first-order valence-electron chi connectivity index (χ1n) is 5.76. The highest BCUT2D eigenvalue weighted by Gasteiger charge is 2.40. The standard InChI is InChI=1S/C12H17N3/c1-8-5-13-9(2)12(14-8)11-7-15-4-3-10(11)6-15/h5,10-11H,3-4,6-7H2,1-2H3. The summed E-state index contributed by atoms with van der Waals surface area (Å²) < 4.78 is 0. The molecule has 2 bridgehead atoms. The summed E-state index contributed by atoms with van der Waals surface area (Å²) in [5.74, 6) is 1.48. The van der Waals surface area contributed by atoms with E-state index in [0.717, 1.165) is 17.3 Å². The fraction of sp³-hybridized carbons (Fsp3) is 0.667. The largest absolute Gasteiger partial charge is 0.302 e. The van der Waals surface area contributed by atoms with Gasteiger partial charge in [-0.2, -0.15) is 0 Å². The maximum Gasteiger partial charge on any atom is 0.0665 e. The molecule has 1 aromatic rings. The van der Waals surface area contributed by atoms with Gasteiger partial charge in [0.1, 0.15) is 0 Å². The van der Waals surface area contributed by atoms with Crippen molar-refractivity contribution in [3.05, 3.63) is 23.3 Å². The summed E-state index contributed by atoms with van der Waals surface area (Å²) in [6.45, 7) is 7.88. The summed E-state index contributed by atoms with van der Waals surface area (Å²) in [5, 5.41) is 0. The molecule has 2 aliphatic heterocycles. The van der Waals surface area contributed by atoms with E-state index in [9.17, 15) is 0 Å². The minimum Gasteiger partial charge on any atom is -0.302 e. The minimum atomic E-state index is 0.645. The van der Waals surface area contributed by atoms with Gasteiger partial charge in [0, 0.05) is 25.2 Å². The zero-order valence-electron chi connectivity index (χ0n) is 9.40. The highest BCUT2D eigenvalue weighted by molar-refractivity contribution is 5.21. The molecule has 0 aromatic carbocycles. The van der Waals surface area contributed by atoms with Crippen LogP contribution >= 0.6 is 0 Å². The van der Waals surface area contributed by atoms with Crippen LogP contribution in [0.25, 0.3) is 0 Å². The lowest BCUT2D eigenvalue weighted by atomic mass is 9.88. The van der Waals surface area contributed by atoms with Gasteiger partial charge in [-0.25, -0.2) is 0 Å². The van der Waals surface area contributed by atoms with Crippen molar-refractivity contribution < 1.29 is 0 Å². The average molecular weight is 203 g/mol. The van der Waals surface area contributed by atoms with Crippen molar-refractivity contribution in [3.63, 3.8) is 0 Å². The van der Waals surface area contributed by atoms with Gasteiger partial charge in [-0.15, -0.1) is 0 Å². The summed E-state index contributed by atoms with van der Waals surface area (Å²) in [6.07, 6.45) is 3.21. The van der Waals surface area contributed by atoms with Gasteiger partial charge in [-0.05, 0) is 32.7 Å². The van der Waals surface area contributed by atoms with Crippen molar-refractivity contribution in [2.45, 2.75) is 26.2 Å².